The molecule has 4 rings (SSSR count). The number of hydrogen-bond donors (Lipinski definition) is 0. The minimum atomic E-state index is -4.63. The zero-order valence-electron chi connectivity index (χ0n) is 13.8. The summed E-state index contributed by atoms with van der Waals surface area (Å²) in [5, 5.41) is 10.9. The zero-order valence-corrected chi connectivity index (χ0v) is 13.8. The van der Waals surface area contributed by atoms with Crippen LogP contribution in [0.4, 0.5) is 18.9 Å². The maximum absolute atomic E-state index is 12.5. The minimum Gasteiger partial charge on any atom is -0.416 e. The normalized spacial score (nSPS) is 21.9. The highest BCUT2D eigenvalue weighted by Crippen LogP contribution is 2.29. The van der Waals surface area contributed by atoms with E-state index in [9.17, 15) is 18.0 Å². The van der Waals surface area contributed by atoms with Gasteiger partial charge in [0.05, 0.1) is 24.5 Å². The van der Waals surface area contributed by atoms with Crippen molar-refractivity contribution < 1.29 is 22.4 Å². The molecule has 26 heavy (non-hydrogen) atoms. The highest BCUT2D eigenvalue weighted by atomic mass is 19.4. The van der Waals surface area contributed by atoms with Gasteiger partial charge < -0.3 is 9.32 Å². The second-order valence-electron chi connectivity index (χ2n) is 6.50. The molecule has 11 heteroatoms. The molecular weight excluding hydrogens is 353 g/mol. The first-order valence-electron chi connectivity index (χ1n) is 8.36. The summed E-state index contributed by atoms with van der Waals surface area (Å²) in [5.74, 6) is -1.27. The third kappa shape index (κ3) is 3.30. The molecule has 0 spiro atoms. The number of nitrogens with zero attached hydrogens (tertiary/aromatic N) is 6. The zero-order chi connectivity index (χ0) is 18.3. The molecule has 140 valence electrons. The Hall–Kier alpha value is -2.43. The average Bonchev–Trinajstić information content (AvgIpc) is 3.32. The number of hydrogen-bond acceptors (Lipinski definition) is 6. The van der Waals surface area contributed by atoms with Gasteiger partial charge in [0.15, 0.2) is 0 Å². The molecule has 4 heterocycles. The van der Waals surface area contributed by atoms with E-state index in [1.807, 2.05) is 15.8 Å². The summed E-state index contributed by atoms with van der Waals surface area (Å²) in [6, 6.07) is 0.0893. The number of anilines is 1. The van der Waals surface area contributed by atoms with Gasteiger partial charge in [-0.05, 0) is 12.8 Å². The van der Waals surface area contributed by atoms with Crippen LogP contribution in [0.25, 0.3) is 0 Å². The fourth-order valence-electron chi connectivity index (χ4n) is 3.38. The van der Waals surface area contributed by atoms with Gasteiger partial charge in [-0.3, -0.25) is 14.4 Å². The summed E-state index contributed by atoms with van der Waals surface area (Å²) in [7, 11) is 0. The molecule has 1 atom stereocenters. The molecule has 0 saturated carbocycles. The van der Waals surface area contributed by atoms with Crippen LogP contribution in [0, 0.1) is 0 Å². The molecule has 8 nitrogen and oxygen atoms in total. The van der Waals surface area contributed by atoms with E-state index in [-0.39, 0.29) is 24.4 Å². The average molecular weight is 370 g/mol. The van der Waals surface area contributed by atoms with Gasteiger partial charge in [0.25, 0.3) is 0 Å². The predicted molar refractivity (Wildman–Crippen MR) is 82.0 cm³/mol. The standard InChI is InChI=1S/C15H17F3N6O2/c16-15(17,18)14-21-20-12(26-14)9-22-5-3-10(7-22)24-8-11(6-19-24)23-4-1-2-13(23)25/h6,8,10H,1-5,7,9H2. The second kappa shape index (κ2) is 6.38. The van der Waals surface area contributed by atoms with Gasteiger partial charge in [0, 0.05) is 32.3 Å². The van der Waals surface area contributed by atoms with Crippen molar-refractivity contribution in [2.75, 3.05) is 24.5 Å². The molecule has 0 bridgehead atoms. The fourth-order valence-corrected chi connectivity index (χ4v) is 3.38. The van der Waals surface area contributed by atoms with Crippen LogP contribution in [0.2, 0.25) is 0 Å². The van der Waals surface area contributed by atoms with E-state index < -0.39 is 12.1 Å². The van der Waals surface area contributed by atoms with Gasteiger partial charge in [-0.25, -0.2) is 0 Å². The Morgan fingerprint density at radius 1 is 1.27 bits per heavy atom. The van der Waals surface area contributed by atoms with Crippen molar-refractivity contribution >= 4 is 11.6 Å². The Bertz CT molecular complexity index is 801. The van der Waals surface area contributed by atoms with Crippen LogP contribution in [0.1, 0.15) is 37.1 Å². The molecule has 2 fully saturated rings. The smallest absolute Gasteiger partial charge is 0.416 e. The molecule has 2 aromatic heterocycles. The van der Waals surface area contributed by atoms with Gasteiger partial charge in [0.2, 0.25) is 11.8 Å². The lowest BCUT2D eigenvalue weighted by Gasteiger charge is -2.14. The molecule has 0 radical (unpaired) electrons. The second-order valence-corrected chi connectivity index (χ2v) is 6.50. The van der Waals surface area contributed by atoms with Crippen LogP contribution >= 0.6 is 0 Å². The number of carbonyl (C=O) groups excluding carboxylic acids is 1. The lowest BCUT2D eigenvalue weighted by Crippen LogP contribution is -2.23. The van der Waals surface area contributed by atoms with E-state index in [1.165, 1.54) is 0 Å². The number of amides is 1. The molecule has 0 aromatic carbocycles. The summed E-state index contributed by atoms with van der Waals surface area (Å²) < 4.78 is 44.0. The Kier molecular flexibility index (Phi) is 4.17. The SMILES string of the molecule is O=C1CCCN1c1cnn(C2CCN(Cc3nnc(C(F)(F)F)o3)C2)c1. The van der Waals surface area contributed by atoms with E-state index in [0.29, 0.717) is 26.1 Å². The van der Waals surface area contributed by atoms with Crippen molar-refractivity contribution in [3.63, 3.8) is 0 Å². The van der Waals surface area contributed by atoms with E-state index in [2.05, 4.69) is 19.7 Å². The van der Waals surface area contributed by atoms with Crippen LogP contribution in [-0.4, -0.2) is 50.4 Å². The van der Waals surface area contributed by atoms with Gasteiger partial charge in [0.1, 0.15) is 0 Å². The van der Waals surface area contributed by atoms with Crippen LogP contribution < -0.4 is 4.90 Å². The van der Waals surface area contributed by atoms with Crippen LogP contribution in [0.15, 0.2) is 16.8 Å². The van der Waals surface area contributed by atoms with Gasteiger partial charge in [-0.15, -0.1) is 10.2 Å². The van der Waals surface area contributed by atoms with Gasteiger partial charge in [-0.2, -0.15) is 18.3 Å². The van der Waals surface area contributed by atoms with Crippen molar-refractivity contribution in [1.82, 2.24) is 24.9 Å². The maximum Gasteiger partial charge on any atom is 0.470 e. The number of halogens is 3. The number of rotatable bonds is 4. The number of carbonyl (C=O) groups is 1. The summed E-state index contributed by atoms with van der Waals surface area (Å²) in [6.07, 6.45) is 1.12. The third-order valence-electron chi connectivity index (χ3n) is 4.66. The Morgan fingerprint density at radius 3 is 2.81 bits per heavy atom. The molecule has 0 N–H and O–H groups in total. The highest BCUT2D eigenvalue weighted by molar-refractivity contribution is 5.95. The molecule has 1 unspecified atom stereocenters. The largest absolute Gasteiger partial charge is 0.470 e. The topological polar surface area (TPSA) is 80.3 Å². The van der Waals surface area contributed by atoms with Gasteiger partial charge >= 0.3 is 12.1 Å². The predicted octanol–water partition coefficient (Wildman–Crippen LogP) is 1.86. The summed E-state index contributed by atoms with van der Waals surface area (Å²) in [5.41, 5.74) is 0.790. The number of likely N-dealkylation sites (tertiary alicyclic amines) is 1. The van der Waals surface area contributed by atoms with Crippen molar-refractivity contribution in [2.24, 2.45) is 0 Å². The first-order chi connectivity index (χ1) is 12.4. The summed E-state index contributed by atoms with van der Waals surface area (Å²) in [6.45, 7) is 2.17. The Morgan fingerprint density at radius 2 is 2.12 bits per heavy atom. The first kappa shape index (κ1) is 17.0. The molecule has 0 aliphatic carbocycles. The van der Waals surface area contributed by atoms with Crippen molar-refractivity contribution in [2.45, 2.75) is 38.0 Å². The van der Waals surface area contributed by atoms with Crippen LogP contribution in [0.5, 0.6) is 0 Å². The van der Waals surface area contributed by atoms with E-state index in [0.717, 1.165) is 18.5 Å². The van der Waals surface area contributed by atoms with Crippen molar-refractivity contribution in [1.29, 1.82) is 0 Å². The molecular formula is C15H17F3N6O2. The lowest BCUT2D eigenvalue weighted by atomic mass is 10.3. The highest BCUT2D eigenvalue weighted by Gasteiger charge is 2.38. The van der Waals surface area contributed by atoms with Crippen molar-refractivity contribution in [3.8, 4) is 0 Å². The molecule has 2 saturated heterocycles. The Labute approximate surface area is 146 Å². The number of alkyl halides is 3. The van der Waals surface area contributed by atoms with E-state index >= 15 is 0 Å². The first-order valence-corrected chi connectivity index (χ1v) is 8.36. The Balaban J connectivity index is 1.37. The summed E-state index contributed by atoms with van der Waals surface area (Å²) in [4.78, 5) is 15.5. The molecule has 1 amide bonds. The van der Waals surface area contributed by atoms with Crippen LogP contribution in [-0.2, 0) is 17.5 Å². The molecule has 2 aromatic rings. The van der Waals surface area contributed by atoms with Crippen LogP contribution in [0.3, 0.4) is 0 Å². The summed E-state index contributed by atoms with van der Waals surface area (Å²) >= 11 is 0. The molecule has 2 aliphatic heterocycles. The van der Waals surface area contributed by atoms with Gasteiger partial charge in [-0.1, -0.05) is 0 Å². The fraction of sp³-hybridized carbons (Fsp3) is 0.600. The maximum atomic E-state index is 12.5. The number of aromatic nitrogens is 4. The monoisotopic (exact) mass is 370 g/mol. The third-order valence-corrected chi connectivity index (χ3v) is 4.66. The minimum absolute atomic E-state index is 0.0539. The van der Waals surface area contributed by atoms with E-state index in [4.69, 9.17) is 0 Å². The van der Waals surface area contributed by atoms with E-state index in [1.54, 1.807) is 11.1 Å². The quantitative estimate of drug-likeness (QED) is 0.817. The lowest BCUT2D eigenvalue weighted by molar-refractivity contribution is -0.157. The molecule has 2 aliphatic rings. The van der Waals surface area contributed by atoms with Crippen molar-refractivity contribution in [3.05, 3.63) is 24.2 Å².